The monoisotopic (exact) mass is 231 g/mol. The predicted molar refractivity (Wildman–Crippen MR) is 59.9 cm³/mol. The van der Waals surface area contributed by atoms with Crippen molar-refractivity contribution in [2.24, 2.45) is 16.0 Å². The summed E-state index contributed by atoms with van der Waals surface area (Å²) in [5.41, 5.74) is -0.710. The van der Waals surface area contributed by atoms with Crippen LogP contribution in [0.15, 0.2) is 5.18 Å². The number of nitroso groups, excluding NO2 is 1. The zero-order chi connectivity index (χ0) is 12.2. The predicted octanol–water partition coefficient (Wildman–Crippen LogP) is 1.54. The van der Waals surface area contributed by atoms with Gasteiger partial charge in [-0.15, -0.1) is 0 Å². The van der Waals surface area contributed by atoms with Crippen LogP contribution < -0.4 is 0 Å². The molecule has 0 spiro atoms. The van der Waals surface area contributed by atoms with Crippen molar-refractivity contribution in [1.82, 2.24) is 0 Å². The van der Waals surface area contributed by atoms with Crippen molar-refractivity contribution in [3.05, 3.63) is 4.91 Å². The molecule has 1 aliphatic rings. The van der Waals surface area contributed by atoms with E-state index in [4.69, 9.17) is 9.47 Å². The number of hydrogen-bond donors (Lipinski definition) is 1. The fraction of sp³-hybridized carbons (Fsp3) is 1.00. The molecule has 16 heavy (non-hydrogen) atoms. The van der Waals surface area contributed by atoms with Crippen LogP contribution in [0.25, 0.3) is 0 Å². The fourth-order valence-electron chi connectivity index (χ4n) is 1.66. The molecule has 0 saturated carbocycles. The Labute approximate surface area is 96.1 Å². The van der Waals surface area contributed by atoms with Crippen LogP contribution in [0.2, 0.25) is 0 Å². The van der Waals surface area contributed by atoms with Gasteiger partial charge in [-0.3, -0.25) is 0 Å². The van der Waals surface area contributed by atoms with Crippen LogP contribution in [0.1, 0.15) is 27.2 Å². The van der Waals surface area contributed by atoms with E-state index >= 15 is 0 Å². The molecule has 0 radical (unpaired) electrons. The molecule has 1 heterocycles. The summed E-state index contributed by atoms with van der Waals surface area (Å²) in [7, 11) is 0. The Kier molecular flexibility index (Phi) is 4.41. The van der Waals surface area contributed by atoms with Crippen molar-refractivity contribution >= 4 is 0 Å². The fourth-order valence-corrected chi connectivity index (χ4v) is 1.66. The summed E-state index contributed by atoms with van der Waals surface area (Å²) in [5, 5.41) is 12.2. The normalized spacial score (nSPS) is 31.4. The van der Waals surface area contributed by atoms with Crippen molar-refractivity contribution in [3.8, 4) is 0 Å². The van der Waals surface area contributed by atoms with Gasteiger partial charge >= 0.3 is 0 Å². The minimum Gasteiger partial charge on any atom is -0.396 e. The van der Waals surface area contributed by atoms with Gasteiger partial charge in [-0.1, -0.05) is 25.9 Å². The number of hydrogen-bond acceptors (Lipinski definition) is 5. The standard InChI is InChI=1S/C11H21NO4/c1-4-11(5-12-14)7-15-9(16-8-11)10(2,3)6-13/h9,13H,4-8H2,1-3H3. The van der Waals surface area contributed by atoms with Gasteiger partial charge in [0.1, 0.15) is 0 Å². The van der Waals surface area contributed by atoms with Gasteiger partial charge in [-0.05, 0) is 6.42 Å². The Morgan fingerprint density at radius 2 is 2.00 bits per heavy atom. The molecule has 0 unspecified atom stereocenters. The number of nitrogens with zero attached hydrogens (tertiary/aromatic N) is 1. The minimum atomic E-state index is -0.422. The Hall–Kier alpha value is -0.520. The van der Waals surface area contributed by atoms with Crippen LogP contribution in [0, 0.1) is 15.7 Å². The van der Waals surface area contributed by atoms with Gasteiger partial charge in [-0.25, -0.2) is 0 Å². The van der Waals surface area contributed by atoms with Gasteiger partial charge in [0.2, 0.25) is 0 Å². The van der Waals surface area contributed by atoms with Crippen LogP contribution in [-0.2, 0) is 9.47 Å². The van der Waals surface area contributed by atoms with Crippen LogP contribution in [0.5, 0.6) is 0 Å². The van der Waals surface area contributed by atoms with E-state index in [9.17, 15) is 10.0 Å². The van der Waals surface area contributed by atoms with E-state index < -0.39 is 11.7 Å². The SMILES string of the molecule is CCC1(CN=O)COC(C(C)(C)CO)OC1. The van der Waals surface area contributed by atoms with Crippen LogP contribution in [0.3, 0.4) is 0 Å². The lowest BCUT2D eigenvalue weighted by atomic mass is 9.85. The lowest BCUT2D eigenvalue weighted by Gasteiger charge is -2.42. The van der Waals surface area contributed by atoms with Gasteiger partial charge in [0, 0.05) is 10.8 Å². The van der Waals surface area contributed by atoms with E-state index in [-0.39, 0.29) is 18.6 Å². The van der Waals surface area contributed by atoms with Crippen molar-refractivity contribution in [3.63, 3.8) is 0 Å². The molecule has 0 amide bonds. The minimum absolute atomic E-state index is 0.00270. The molecule has 0 atom stereocenters. The molecule has 5 nitrogen and oxygen atoms in total. The highest BCUT2D eigenvalue weighted by Crippen LogP contribution is 2.34. The molecule has 1 rings (SSSR count). The van der Waals surface area contributed by atoms with Crippen molar-refractivity contribution in [1.29, 1.82) is 0 Å². The number of rotatable bonds is 5. The second-order valence-electron chi connectivity index (χ2n) is 5.24. The maximum Gasteiger partial charge on any atom is 0.164 e. The molecule has 0 aromatic rings. The van der Waals surface area contributed by atoms with Gasteiger partial charge < -0.3 is 14.6 Å². The summed E-state index contributed by atoms with van der Waals surface area (Å²) in [4.78, 5) is 10.4. The maximum absolute atomic E-state index is 10.4. The number of ether oxygens (including phenoxy) is 2. The van der Waals surface area contributed by atoms with E-state index in [2.05, 4.69) is 5.18 Å². The first-order valence-electron chi connectivity index (χ1n) is 5.63. The van der Waals surface area contributed by atoms with Crippen LogP contribution in [-0.4, -0.2) is 37.8 Å². The lowest BCUT2D eigenvalue weighted by Crippen LogP contribution is -2.49. The lowest BCUT2D eigenvalue weighted by molar-refractivity contribution is -0.272. The molecule has 0 bridgehead atoms. The Bertz CT molecular complexity index is 234. The Morgan fingerprint density at radius 3 is 2.38 bits per heavy atom. The molecular weight excluding hydrogens is 210 g/mol. The average molecular weight is 231 g/mol. The van der Waals surface area contributed by atoms with E-state index in [0.717, 1.165) is 6.42 Å². The van der Waals surface area contributed by atoms with Gasteiger partial charge in [0.05, 0.1) is 26.4 Å². The summed E-state index contributed by atoms with van der Waals surface area (Å²) in [6.07, 6.45) is 0.384. The topological polar surface area (TPSA) is 68.1 Å². The third-order valence-corrected chi connectivity index (χ3v) is 3.28. The summed E-state index contributed by atoms with van der Waals surface area (Å²) in [5.74, 6) is 0. The van der Waals surface area contributed by atoms with Crippen LogP contribution in [0.4, 0.5) is 0 Å². The van der Waals surface area contributed by atoms with Gasteiger partial charge in [-0.2, -0.15) is 4.91 Å². The quantitative estimate of drug-likeness (QED) is 0.729. The van der Waals surface area contributed by atoms with Gasteiger partial charge in [0.25, 0.3) is 0 Å². The summed E-state index contributed by atoms with van der Waals surface area (Å²) < 4.78 is 11.2. The molecule has 94 valence electrons. The average Bonchev–Trinajstić information content (AvgIpc) is 2.30. The van der Waals surface area contributed by atoms with Crippen LogP contribution >= 0.6 is 0 Å². The third-order valence-electron chi connectivity index (χ3n) is 3.28. The molecule has 1 saturated heterocycles. The largest absolute Gasteiger partial charge is 0.396 e. The molecule has 0 aliphatic carbocycles. The van der Waals surface area contributed by atoms with Gasteiger partial charge in [0.15, 0.2) is 6.29 Å². The zero-order valence-electron chi connectivity index (χ0n) is 10.2. The van der Waals surface area contributed by atoms with E-state index in [1.807, 2.05) is 20.8 Å². The Balaban J connectivity index is 2.58. The zero-order valence-corrected chi connectivity index (χ0v) is 10.2. The highest BCUT2D eigenvalue weighted by molar-refractivity contribution is 4.85. The number of aliphatic hydroxyl groups is 1. The second-order valence-corrected chi connectivity index (χ2v) is 5.24. The molecular formula is C11H21NO4. The first kappa shape index (κ1) is 13.5. The molecule has 1 aliphatic heterocycles. The molecule has 1 fully saturated rings. The maximum atomic E-state index is 10.4. The molecule has 5 heteroatoms. The first-order chi connectivity index (χ1) is 7.49. The molecule has 0 aromatic carbocycles. The third kappa shape index (κ3) is 2.78. The van der Waals surface area contributed by atoms with E-state index in [1.54, 1.807) is 0 Å². The Morgan fingerprint density at radius 1 is 1.44 bits per heavy atom. The van der Waals surface area contributed by atoms with Crippen molar-refractivity contribution < 1.29 is 14.6 Å². The summed E-state index contributed by atoms with van der Waals surface area (Å²) >= 11 is 0. The highest BCUT2D eigenvalue weighted by atomic mass is 16.7. The number of aliphatic hydroxyl groups excluding tert-OH is 1. The van der Waals surface area contributed by atoms with E-state index in [1.165, 1.54) is 0 Å². The summed E-state index contributed by atoms with van der Waals surface area (Å²) in [6.45, 7) is 6.91. The van der Waals surface area contributed by atoms with E-state index in [0.29, 0.717) is 13.2 Å². The smallest absolute Gasteiger partial charge is 0.164 e. The molecule has 0 aromatic heterocycles. The first-order valence-corrected chi connectivity index (χ1v) is 5.63. The highest BCUT2D eigenvalue weighted by Gasteiger charge is 2.41. The summed E-state index contributed by atoms with van der Waals surface area (Å²) in [6, 6.07) is 0. The molecule has 1 N–H and O–H groups in total. The van der Waals surface area contributed by atoms with Crippen molar-refractivity contribution in [2.45, 2.75) is 33.5 Å². The van der Waals surface area contributed by atoms with Crippen molar-refractivity contribution in [2.75, 3.05) is 26.4 Å². The second kappa shape index (κ2) is 5.21.